The third-order valence-electron chi connectivity index (χ3n) is 20.4. The van der Waals surface area contributed by atoms with Crippen LogP contribution in [0.4, 0.5) is 0 Å². The Labute approximate surface area is 823 Å². The van der Waals surface area contributed by atoms with Crippen LogP contribution < -0.4 is 0 Å². The summed E-state index contributed by atoms with van der Waals surface area (Å²) in [5, 5.41) is 6.71. The van der Waals surface area contributed by atoms with Crippen LogP contribution in [-0.2, 0) is 80.4 Å². The summed E-state index contributed by atoms with van der Waals surface area (Å²) in [6, 6.07) is 151. The molecule has 0 N–H and O–H groups in total. The average molecular weight is 2420 g/mol. The number of rotatable bonds is 9. The van der Waals surface area contributed by atoms with E-state index in [-0.39, 0.29) is 80.4 Å². The molecule has 11 heterocycles. The van der Waals surface area contributed by atoms with Crippen molar-refractivity contribution in [1.82, 2.24) is 39.9 Å². The summed E-state index contributed by atoms with van der Waals surface area (Å²) in [6.07, 6.45) is 11.0. The van der Waals surface area contributed by atoms with Crippen molar-refractivity contribution < 1.29 is 93.7 Å². The quantitative estimate of drug-likeness (QED) is 0.127. The van der Waals surface area contributed by atoms with Gasteiger partial charge in [-0.25, -0.2) is 0 Å². The fourth-order valence-corrected chi connectivity index (χ4v) is 14.0. The Morgan fingerprint density at radius 1 is 0.212 bits per heavy atom. The first-order valence-corrected chi connectivity index (χ1v) is 41.9. The van der Waals surface area contributed by atoms with Crippen molar-refractivity contribution in [2.45, 2.75) is 34.6 Å². The van der Waals surface area contributed by atoms with Gasteiger partial charge in [0.1, 0.15) is 16.7 Å². The molecule has 4 radical (unpaired) electrons. The smallest absolute Gasteiger partial charge is 0.120 e. The van der Waals surface area contributed by atoms with E-state index in [1.807, 2.05) is 357 Å². The maximum Gasteiger partial charge on any atom is 0.120 e. The Bertz CT molecular complexity index is 7070. The van der Waals surface area contributed by atoms with Gasteiger partial charge >= 0.3 is 0 Å². The zero-order valence-electron chi connectivity index (χ0n) is 72.5. The minimum absolute atomic E-state index is 0. The third kappa shape index (κ3) is 25.7. The number of fused-ring (bicyclic) bond motifs is 9. The summed E-state index contributed by atoms with van der Waals surface area (Å²) in [5.74, 6) is 0. The predicted octanol–water partition coefficient (Wildman–Crippen LogP) is 29.3. The van der Waals surface area contributed by atoms with Crippen LogP contribution in [0, 0.1) is 83.1 Å². The van der Waals surface area contributed by atoms with Crippen LogP contribution in [-0.4, -0.2) is 39.9 Å². The molecule has 0 unspecified atom stereocenters. The van der Waals surface area contributed by atoms with E-state index in [0.717, 1.165) is 167 Å². The summed E-state index contributed by atoms with van der Waals surface area (Å²) in [7, 11) is 0. The molecule has 0 saturated carbocycles. The van der Waals surface area contributed by atoms with Crippen LogP contribution in [0.5, 0.6) is 0 Å². The Hall–Kier alpha value is -14.2. The molecule has 0 aliphatic rings. The first kappa shape index (κ1) is 96.9. The molecule has 654 valence electrons. The van der Waals surface area contributed by atoms with E-state index in [4.69, 9.17) is 13.3 Å². The van der Waals surface area contributed by atoms with Crippen LogP contribution in [0.3, 0.4) is 0 Å². The fourth-order valence-electron chi connectivity index (χ4n) is 14.0. The van der Waals surface area contributed by atoms with Gasteiger partial charge in [-0.15, -0.1) is 239 Å². The Morgan fingerprint density at radius 2 is 0.553 bits per heavy atom. The van der Waals surface area contributed by atoms with Crippen LogP contribution in [0.15, 0.2) is 433 Å². The Balaban J connectivity index is 0.000000137. The maximum atomic E-state index is 6.01. The van der Waals surface area contributed by atoms with Crippen LogP contribution in [0.2, 0.25) is 0 Å². The number of nitrogens with zero attached hydrogens (tertiary/aromatic N) is 8. The first-order chi connectivity index (χ1) is 63.0. The summed E-state index contributed by atoms with van der Waals surface area (Å²) in [4.78, 5) is 35.0. The number of hydrogen-bond donors (Lipinski definition) is 0. The van der Waals surface area contributed by atoms with Gasteiger partial charge < -0.3 is 53.1 Å². The molecule has 0 amide bonds. The van der Waals surface area contributed by atoms with Gasteiger partial charge in [-0.2, -0.15) is 0 Å². The number of benzene rings is 12. The molecule has 0 saturated heterocycles. The van der Waals surface area contributed by atoms with E-state index in [1.54, 1.807) is 18.6 Å². The molecule has 23 aromatic rings. The van der Waals surface area contributed by atoms with Gasteiger partial charge in [0, 0.05) is 145 Å². The number of aromatic nitrogens is 8. The van der Waals surface area contributed by atoms with Gasteiger partial charge in [0.15, 0.2) is 0 Å². The Kier molecular flexibility index (Phi) is 36.0. The summed E-state index contributed by atoms with van der Waals surface area (Å²) in [6.45, 7) is 10.1. The van der Waals surface area contributed by atoms with E-state index in [2.05, 4.69) is 167 Å². The zero-order valence-corrected chi connectivity index (χ0v) is 82.1. The molecule has 0 aliphatic carbocycles. The molecule has 0 spiro atoms. The Morgan fingerprint density at radius 3 is 0.939 bits per heavy atom. The van der Waals surface area contributed by atoms with Crippen LogP contribution >= 0.6 is 0 Å². The molecule has 12 aromatic carbocycles. The number of pyridine rings is 8. The fraction of sp³-hybridized carbons (Fsp3) is 0.0427. The number of para-hydroxylation sites is 3. The van der Waals surface area contributed by atoms with E-state index in [9.17, 15) is 0 Å². The number of aryl methyl sites for hydroxylation is 5. The van der Waals surface area contributed by atoms with Gasteiger partial charge in [-0.05, 0) is 151 Å². The second-order valence-electron chi connectivity index (χ2n) is 29.7. The standard InChI is InChI=1S/2C18H12NO.C18H14N.C17H10NO.2C12H10N.2C11H8N.4Ir/c2*1-12-6-4-10-16(19-12)15-9-5-8-14-13-7-2-3-11-17(13)20-18(14)15;1-14-10-11-18(19-13-14)17-9-5-8-16(12-17)15-6-3-2-4-7-15;1-2-7-16-13(5-1)14-11-12(8-9-17(14)19-16)15-6-3-4-10-18-15;2*1-10-7-8-12(13-9-10)11-5-3-2-4-6-11;2*1-2-6-10(7-3-1)11-8-4-5-9-12-11;;;;/h2*2-8,10-11H,1H3;2-8,10-13H,1H3;1-7,9-11H;2*2-5,7-9H,1H3;2*1-6,8-9H;;;;/q8*-1;;;;. The monoisotopic (exact) mass is 2420 g/mol. The predicted molar refractivity (Wildman–Crippen MR) is 519 cm³/mol. The summed E-state index contributed by atoms with van der Waals surface area (Å²) >= 11 is 0. The van der Waals surface area contributed by atoms with Crippen molar-refractivity contribution in [2.24, 2.45) is 0 Å². The summed E-state index contributed by atoms with van der Waals surface area (Å²) < 4.78 is 17.8. The average Bonchev–Trinajstić information content (AvgIpc) is 1.62. The molecule has 132 heavy (non-hydrogen) atoms. The van der Waals surface area contributed by atoms with Crippen molar-refractivity contribution in [3.63, 3.8) is 0 Å². The van der Waals surface area contributed by atoms with Crippen molar-refractivity contribution in [3.05, 3.63) is 496 Å². The van der Waals surface area contributed by atoms with Gasteiger partial charge in [0.2, 0.25) is 0 Å². The normalized spacial score (nSPS) is 10.2. The van der Waals surface area contributed by atoms with E-state index in [1.165, 1.54) is 27.8 Å². The largest absolute Gasteiger partial charge is 0.501 e. The van der Waals surface area contributed by atoms with E-state index >= 15 is 0 Å². The number of furan rings is 3. The summed E-state index contributed by atoms with van der Waals surface area (Å²) in [5.41, 5.74) is 28.8. The number of hydrogen-bond acceptors (Lipinski definition) is 11. The van der Waals surface area contributed by atoms with Gasteiger partial charge in [-0.3, -0.25) is 0 Å². The molecule has 0 bridgehead atoms. The molecule has 23 rings (SSSR count). The molecule has 0 fully saturated rings. The molecule has 0 aliphatic heterocycles. The molecular weight excluding hydrogens is 2330 g/mol. The first-order valence-electron chi connectivity index (χ1n) is 41.9. The topological polar surface area (TPSA) is 143 Å². The molecule has 0 atom stereocenters. The molecule has 11 aromatic heterocycles. The minimum Gasteiger partial charge on any atom is -0.501 e. The zero-order chi connectivity index (χ0) is 87.4. The van der Waals surface area contributed by atoms with Crippen molar-refractivity contribution >= 4 is 65.8 Å². The van der Waals surface area contributed by atoms with Crippen molar-refractivity contribution in [2.75, 3.05) is 0 Å². The SMILES string of the molecule is Cc1ccc(-c2[c-]ccc(-c3ccccc3)c2)nc1.Cc1ccc(-c2[c-]cccc2)nc1.Cc1ccc(-c2[c-]cccc2)nc1.Cc1cccc(-c2[c-]ccc3c2oc2ccccc23)n1.Cc1cccc(-c2[c-]ccc3c2oc2ccccc23)n1.[Ir].[Ir].[Ir].[Ir].[c-]1cc2oc3ccccc3c2cc1-c1ccccn1.[c-]1ccccc1-c1ccccn1.[c-]1ccccc1-c1ccccn1. The second-order valence-corrected chi connectivity index (χ2v) is 29.7. The van der Waals surface area contributed by atoms with Gasteiger partial charge in [-0.1, -0.05) is 209 Å². The molecular formula is C117H84Ir4N8O3-8. The minimum atomic E-state index is 0. The van der Waals surface area contributed by atoms with Crippen LogP contribution in [0.1, 0.15) is 28.1 Å². The van der Waals surface area contributed by atoms with E-state index in [0.29, 0.717) is 0 Å². The van der Waals surface area contributed by atoms with Crippen LogP contribution in [0.25, 0.3) is 167 Å². The molecule has 11 nitrogen and oxygen atoms in total. The van der Waals surface area contributed by atoms with Crippen molar-refractivity contribution in [3.8, 4) is 101 Å². The van der Waals surface area contributed by atoms with Gasteiger partial charge in [0.25, 0.3) is 0 Å². The van der Waals surface area contributed by atoms with Crippen molar-refractivity contribution in [1.29, 1.82) is 0 Å². The third-order valence-corrected chi connectivity index (χ3v) is 20.4. The maximum absolute atomic E-state index is 6.01. The van der Waals surface area contributed by atoms with Gasteiger partial charge in [0.05, 0.1) is 16.7 Å². The van der Waals surface area contributed by atoms with E-state index < -0.39 is 0 Å². The molecule has 15 heteroatoms. The second kappa shape index (κ2) is 49.0.